The van der Waals surface area contributed by atoms with Gasteiger partial charge in [-0.1, -0.05) is 24.3 Å². The van der Waals surface area contributed by atoms with Crippen LogP contribution in [0.4, 0.5) is 23.7 Å². The molecule has 2 amide bonds. The molecule has 0 aromatic heterocycles. The van der Waals surface area contributed by atoms with Crippen LogP contribution in [-0.2, 0) is 6.18 Å². The maximum Gasteiger partial charge on any atom is 0.416 e. The predicted octanol–water partition coefficient (Wildman–Crippen LogP) is 5.60. The van der Waals surface area contributed by atoms with E-state index in [1.165, 1.54) is 17.8 Å². The molecule has 0 unspecified atom stereocenters. The van der Waals surface area contributed by atoms with E-state index in [9.17, 15) is 18.0 Å². The van der Waals surface area contributed by atoms with Crippen LogP contribution >= 0.6 is 11.8 Å². The van der Waals surface area contributed by atoms with Crippen molar-refractivity contribution in [2.45, 2.75) is 25.4 Å². The Labute approximate surface area is 154 Å². The highest BCUT2D eigenvalue weighted by Gasteiger charge is 2.34. The summed E-state index contributed by atoms with van der Waals surface area (Å²) in [5, 5.41) is 2.46. The van der Waals surface area contributed by atoms with Crippen molar-refractivity contribution >= 4 is 23.5 Å². The van der Waals surface area contributed by atoms with E-state index in [0.29, 0.717) is 17.9 Å². The Hall–Kier alpha value is -2.15. The second-order valence-corrected chi connectivity index (χ2v) is 7.41. The van der Waals surface area contributed by atoms with Gasteiger partial charge in [-0.15, -0.1) is 11.8 Å². The SMILES string of the molecule is Cc1cccc(NC(=O)N2CCS[C@@H]2c2cccc(C(F)(F)F)c2)c1C. The number of nitrogens with zero attached hydrogens (tertiary/aromatic N) is 1. The number of benzene rings is 2. The number of anilines is 1. The lowest BCUT2D eigenvalue weighted by molar-refractivity contribution is -0.137. The number of carbonyl (C=O) groups excluding carboxylic acids is 1. The fraction of sp³-hybridized carbons (Fsp3) is 0.316. The van der Waals surface area contributed by atoms with Crippen molar-refractivity contribution in [2.24, 2.45) is 0 Å². The zero-order valence-corrected chi connectivity index (χ0v) is 15.2. The van der Waals surface area contributed by atoms with E-state index in [2.05, 4.69) is 5.32 Å². The molecule has 0 radical (unpaired) electrons. The third-order valence-electron chi connectivity index (χ3n) is 4.50. The molecule has 26 heavy (non-hydrogen) atoms. The number of carbonyl (C=O) groups is 1. The largest absolute Gasteiger partial charge is 0.416 e. The zero-order chi connectivity index (χ0) is 18.9. The number of urea groups is 1. The van der Waals surface area contributed by atoms with Crippen LogP contribution in [0.2, 0.25) is 0 Å². The molecule has 1 aliphatic heterocycles. The number of alkyl halides is 3. The minimum atomic E-state index is -4.40. The van der Waals surface area contributed by atoms with E-state index in [1.807, 2.05) is 32.0 Å². The molecule has 1 atom stereocenters. The van der Waals surface area contributed by atoms with Crippen LogP contribution in [0.3, 0.4) is 0 Å². The van der Waals surface area contributed by atoms with Crippen LogP contribution in [0.5, 0.6) is 0 Å². The molecule has 0 aliphatic carbocycles. The van der Waals surface area contributed by atoms with E-state index >= 15 is 0 Å². The first-order valence-electron chi connectivity index (χ1n) is 8.20. The minimum Gasteiger partial charge on any atom is -0.308 e. The number of hydrogen-bond acceptors (Lipinski definition) is 2. The molecule has 1 N–H and O–H groups in total. The summed E-state index contributed by atoms with van der Waals surface area (Å²) in [6, 6.07) is 10.5. The Morgan fingerprint density at radius 3 is 2.65 bits per heavy atom. The summed E-state index contributed by atoms with van der Waals surface area (Å²) in [7, 11) is 0. The number of nitrogens with one attached hydrogen (secondary N) is 1. The maximum absolute atomic E-state index is 13.0. The molecule has 1 fully saturated rings. The highest BCUT2D eigenvalue weighted by Crippen LogP contribution is 2.40. The van der Waals surface area contributed by atoms with E-state index in [-0.39, 0.29) is 6.03 Å². The van der Waals surface area contributed by atoms with Gasteiger partial charge in [-0.3, -0.25) is 0 Å². The average molecular weight is 380 g/mol. The van der Waals surface area contributed by atoms with Crippen LogP contribution in [0.25, 0.3) is 0 Å². The number of halogens is 3. The fourth-order valence-electron chi connectivity index (χ4n) is 2.90. The van der Waals surface area contributed by atoms with Crippen molar-refractivity contribution in [1.82, 2.24) is 4.90 Å². The van der Waals surface area contributed by atoms with Crippen molar-refractivity contribution < 1.29 is 18.0 Å². The van der Waals surface area contributed by atoms with Crippen molar-refractivity contribution in [1.29, 1.82) is 0 Å². The molecule has 3 rings (SSSR count). The molecule has 3 nitrogen and oxygen atoms in total. The second-order valence-electron chi connectivity index (χ2n) is 6.22. The van der Waals surface area contributed by atoms with Gasteiger partial charge in [0.15, 0.2) is 0 Å². The summed E-state index contributed by atoms with van der Waals surface area (Å²) in [5.74, 6) is 0.682. The lowest BCUT2D eigenvalue weighted by atomic mass is 10.1. The van der Waals surface area contributed by atoms with Crippen LogP contribution < -0.4 is 5.32 Å². The van der Waals surface area contributed by atoms with Gasteiger partial charge in [-0.25, -0.2) is 4.79 Å². The van der Waals surface area contributed by atoms with Gasteiger partial charge in [0.05, 0.1) is 5.56 Å². The van der Waals surface area contributed by atoms with Crippen LogP contribution in [0.15, 0.2) is 42.5 Å². The lowest BCUT2D eigenvalue weighted by Gasteiger charge is -2.25. The van der Waals surface area contributed by atoms with E-state index in [0.717, 1.165) is 28.9 Å². The van der Waals surface area contributed by atoms with Crippen molar-refractivity contribution in [3.05, 3.63) is 64.7 Å². The van der Waals surface area contributed by atoms with E-state index in [1.54, 1.807) is 11.0 Å². The first kappa shape index (κ1) is 18.6. The number of thioether (sulfide) groups is 1. The summed E-state index contributed by atoms with van der Waals surface area (Å²) in [4.78, 5) is 14.3. The van der Waals surface area contributed by atoms with Gasteiger partial charge in [0, 0.05) is 18.0 Å². The Bertz CT molecular complexity index is 823. The number of hydrogen-bond donors (Lipinski definition) is 1. The summed E-state index contributed by atoms with van der Waals surface area (Å²) in [6.07, 6.45) is -4.40. The minimum absolute atomic E-state index is 0.300. The molecule has 0 spiro atoms. The van der Waals surface area contributed by atoms with E-state index < -0.39 is 17.1 Å². The van der Waals surface area contributed by atoms with Gasteiger partial charge >= 0.3 is 12.2 Å². The Morgan fingerprint density at radius 1 is 1.19 bits per heavy atom. The Morgan fingerprint density at radius 2 is 1.92 bits per heavy atom. The molecule has 1 heterocycles. The van der Waals surface area contributed by atoms with Crippen LogP contribution in [0.1, 0.15) is 27.6 Å². The monoisotopic (exact) mass is 380 g/mol. The first-order chi connectivity index (χ1) is 12.3. The van der Waals surface area contributed by atoms with Crippen LogP contribution in [-0.4, -0.2) is 23.2 Å². The Kier molecular flexibility index (Phi) is 5.18. The smallest absolute Gasteiger partial charge is 0.308 e. The number of amides is 2. The van der Waals surface area contributed by atoms with Gasteiger partial charge in [0.25, 0.3) is 0 Å². The first-order valence-corrected chi connectivity index (χ1v) is 9.25. The number of aryl methyl sites for hydroxylation is 1. The van der Waals surface area contributed by atoms with Crippen molar-refractivity contribution in [3.8, 4) is 0 Å². The zero-order valence-electron chi connectivity index (χ0n) is 14.4. The van der Waals surface area contributed by atoms with Gasteiger partial charge in [0.1, 0.15) is 5.37 Å². The normalized spacial score (nSPS) is 17.4. The summed E-state index contributed by atoms with van der Waals surface area (Å²) < 4.78 is 38.9. The molecular formula is C19H19F3N2OS. The molecule has 2 aromatic rings. The third-order valence-corrected chi connectivity index (χ3v) is 5.76. The maximum atomic E-state index is 13.0. The van der Waals surface area contributed by atoms with Gasteiger partial charge in [0.2, 0.25) is 0 Å². The highest BCUT2D eigenvalue weighted by molar-refractivity contribution is 7.99. The van der Waals surface area contributed by atoms with Crippen molar-refractivity contribution in [2.75, 3.05) is 17.6 Å². The average Bonchev–Trinajstić information content (AvgIpc) is 3.08. The molecule has 0 bridgehead atoms. The van der Waals surface area contributed by atoms with Crippen molar-refractivity contribution in [3.63, 3.8) is 0 Å². The highest BCUT2D eigenvalue weighted by atomic mass is 32.2. The van der Waals surface area contributed by atoms with Gasteiger partial charge < -0.3 is 10.2 Å². The van der Waals surface area contributed by atoms with Gasteiger partial charge in [-0.2, -0.15) is 13.2 Å². The quantitative estimate of drug-likeness (QED) is 0.735. The number of rotatable bonds is 2. The predicted molar refractivity (Wildman–Crippen MR) is 98.3 cm³/mol. The standard InChI is InChI=1S/C19H19F3N2OS/c1-12-5-3-8-16(13(12)2)23-18(25)24-9-10-26-17(24)14-6-4-7-15(11-14)19(20,21)22/h3-8,11,17H,9-10H2,1-2H3,(H,23,25)/t17-/m1/s1. The van der Waals surface area contributed by atoms with Crippen LogP contribution in [0, 0.1) is 13.8 Å². The third kappa shape index (κ3) is 3.82. The molecule has 7 heteroatoms. The Balaban J connectivity index is 1.82. The fourth-order valence-corrected chi connectivity index (χ4v) is 4.14. The molecule has 2 aromatic carbocycles. The summed E-state index contributed by atoms with van der Waals surface area (Å²) in [5.41, 5.74) is 2.54. The molecule has 1 aliphatic rings. The topological polar surface area (TPSA) is 32.3 Å². The second kappa shape index (κ2) is 7.23. The van der Waals surface area contributed by atoms with Gasteiger partial charge in [-0.05, 0) is 48.7 Å². The molecule has 138 valence electrons. The molecule has 0 saturated carbocycles. The van der Waals surface area contributed by atoms with E-state index in [4.69, 9.17) is 0 Å². The lowest BCUT2D eigenvalue weighted by Crippen LogP contribution is -2.34. The molecular weight excluding hydrogens is 361 g/mol. The summed E-state index contributed by atoms with van der Waals surface area (Å²) >= 11 is 1.47. The summed E-state index contributed by atoms with van der Waals surface area (Å²) in [6.45, 7) is 4.37. The molecule has 1 saturated heterocycles.